The summed E-state index contributed by atoms with van der Waals surface area (Å²) in [5.74, 6) is -1.75. The van der Waals surface area contributed by atoms with Crippen LogP contribution < -0.4 is 10.2 Å². The van der Waals surface area contributed by atoms with Crippen molar-refractivity contribution >= 4 is 35.1 Å². The van der Waals surface area contributed by atoms with Gasteiger partial charge in [-0.3, -0.25) is 9.59 Å². The molecule has 0 unspecified atom stereocenters. The van der Waals surface area contributed by atoms with Gasteiger partial charge in [-0.15, -0.1) is 0 Å². The Balaban J connectivity index is 2.10. The van der Waals surface area contributed by atoms with Crippen molar-refractivity contribution in [3.63, 3.8) is 0 Å². The van der Waals surface area contributed by atoms with E-state index in [2.05, 4.69) is 10.1 Å². The summed E-state index contributed by atoms with van der Waals surface area (Å²) in [6.07, 6.45) is -0.0163. The molecule has 0 saturated heterocycles. The average molecular weight is 398 g/mol. The number of amides is 2. The van der Waals surface area contributed by atoms with Gasteiger partial charge in [0, 0.05) is 25.6 Å². The summed E-state index contributed by atoms with van der Waals surface area (Å²) in [6.45, 7) is 1.41. The smallest absolute Gasteiger partial charge is 0.339 e. The fourth-order valence-corrected chi connectivity index (χ4v) is 2.72. The third kappa shape index (κ3) is 5.65. The van der Waals surface area contributed by atoms with Crippen molar-refractivity contribution in [1.82, 2.24) is 0 Å². The Hall–Kier alpha value is -3.68. The molecule has 2 aromatic carbocycles. The van der Waals surface area contributed by atoms with Crippen LogP contribution in [0.4, 0.5) is 11.4 Å². The lowest BCUT2D eigenvalue weighted by Gasteiger charge is -2.23. The number of anilines is 2. The second-order valence-corrected chi connectivity index (χ2v) is 6.05. The second-order valence-electron chi connectivity index (χ2n) is 6.05. The van der Waals surface area contributed by atoms with E-state index in [4.69, 9.17) is 4.74 Å². The summed E-state index contributed by atoms with van der Waals surface area (Å²) in [7, 11) is 2.53. The van der Waals surface area contributed by atoms with Crippen molar-refractivity contribution < 1.29 is 28.7 Å². The number of methoxy groups -OCH3 is 2. The highest BCUT2D eigenvalue weighted by molar-refractivity contribution is 6.02. The number of hydrogen-bond donors (Lipinski definition) is 1. The van der Waals surface area contributed by atoms with Crippen LogP contribution in [0.3, 0.4) is 0 Å². The van der Waals surface area contributed by atoms with Gasteiger partial charge in [0.05, 0.1) is 31.0 Å². The summed E-state index contributed by atoms with van der Waals surface area (Å²) < 4.78 is 9.41. The number of carbonyl (C=O) groups is 4. The van der Waals surface area contributed by atoms with E-state index in [9.17, 15) is 19.2 Å². The fourth-order valence-electron chi connectivity index (χ4n) is 2.72. The monoisotopic (exact) mass is 398 g/mol. The van der Waals surface area contributed by atoms with Crippen molar-refractivity contribution in [2.75, 3.05) is 31.0 Å². The number of ether oxygens (including phenoxy) is 2. The van der Waals surface area contributed by atoms with E-state index in [-0.39, 0.29) is 30.3 Å². The minimum atomic E-state index is -0.573. The largest absolute Gasteiger partial charge is 0.465 e. The molecule has 0 spiro atoms. The Morgan fingerprint density at radius 3 is 2.28 bits per heavy atom. The molecule has 0 fully saturated rings. The standard InChI is InChI=1S/C21H22N2O6/c1-14(24)23(18-10-5-4-9-17(18)21(27)29-3)12-11-19(25)22-16-8-6-7-15(13-16)20(26)28-2/h4-10,13H,11-12H2,1-3H3,(H,22,25). The Morgan fingerprint density at radius 1 is 0.931 bits per heavy atom. The Kier molecular flexibility index (Phi) is 7.47. The minimum absolute atomic E-state index is 0.0163. The summed E-state index contributed by atoms with van der Waals surface area (Å²) in [5.41, 5.74) is 1.34. The fraction of sp³-hybridized carbons (Fsp3) is 0.238. The van der Waals surface area contributed by atoms with E-state index in [1.165, 1.54) is 32.1 Å². The first-order valence-corrected chi connectivity index (χ1v) is 8.81. The predicted octanol–water partition coefficient (Wildman–Crippen LogP) is 2.64. The number of rotatable bonds is 7. The van der Waals surface area contributed by atoms with Gasteiger partial charge >= 0.3 is 11.9 Å². The van der Waals surface area contributed by atoms with Crippen molar-refractivity contribution in [3.8, 4) is 0 Å². The van der Waals surface area contributed by atoms with Gasteiger partial charge in [0.1, 0.15) is 0 Å². The molecule has 0 aliphatic heterocycles. The van der Waals surface area contributed by atoms with Gasteiger partial charge in [0.2, 0.25) is 11.8 Å². The second kappa shape index (κ2) is 10.0. The molecule has 0 heterocycles. The van der Waals surface area contributed by atoms with Crippen molar-refractivity contribution in [2.45, 2.75) is 13.3 Å². The van der Waals surface area contributed by atoms with Gasteiger partial charge in [0.15, 0.2) is 0 Å². The molecule has 8 heteroatoms. The van der Waals surface area contributed by atoms with Crippen LogP contribution in [0.5, 0.6) is 0 Å². The highest BCUT2D eigenvalue weighted by Crippen LogP contribution is 2.22. The maximum Gasteiger partial charge on any atom is 0.339 e. The number of benzene rings is 2. The molecule has 1 N–H and O–H groups in total. The van der Waals surface area contributed by atoms with Crippen LogP contribution in [0.25, 0.3) is 0 Å². The van der Waals surface area contributed by atoms with E-state index < -0.39 is 11.9 Å². The topological polar surface area (TPSA) is 102 Å². The highest BCUT2D eigenvalue weighted by atomic mass is 16.5. The van der Waals surface area contributed by atoms with Crippen LogP contribution in [0, 0.1) is 0 Å². The van der Waals surface area contributed by atoms with E-state index in [0.29, 0.717) is 16.9 Å². The summed E-state index contributed by atoms with van der Waals surface area (Å²) in [4.78, 5) is 49.4. The number of esters is 2. The SMILES string of the molecule is COC(=O)c1cccc(NC(=O)CCN(C(C)=O)c2ccccc2C(=O)OC)c1. The van der Waals surface area contributed by atoms with Crippen molar-refractivity contribution in [2.24, 2.45) is 0 Å². The zero-order chi connectivity index (χ0) is 21.4. The van der Waals surface area contributed by atoms with E-state index in [1.54, 1.807) is 42.5 Å². The third-order valence-electron chi connectivity index (χ3n) is 4.11. The molecular weight excluding hydrogens is 376 g/mol. The minimum Gasteiger partial charge on any atom is -0.465 e. The molecule has 0 saturated carbocycles. The molecule has 152 valence electrons. The first-order chi connectivity index (χ1) is 13.9. The lowest BCUT2D eigenvalue weighted by atomic mass is 10.1. The van der Waals surface area contributed by atoms with Crippen LogP contribution in [-0.4, -0.2) is 44.5 Å². The Labute approximate surface area is 168 Å². The Bertz CT molecular complexity index is 925. The normalized spacial score (nSPS) is 10.0. The number of carbonyl (C=O) groups excluding carboxylic acids is 4. The summed E-state index contributed by atoms with van der Waals surface area (Å²) >= 11 is 0. The molecule has 0 radical (unpaired) electrons. The number of hydrogen-bond acceptors (Lipinski definition) is 6. The van der Waals surface area contributed by atoms with Gasteiger partial charge in [-0.2, -0.15) is 0 Å². The maximum absolute atomic E-state index is 12.3. The van der Waals surface area contributed by atoms with E-state index >= 15 is 0 Å². The lowest BCUT2D eigenvalue weighted by Crippen LogP contribution is -2.33. The zero-order valence-electron chi connectivity index (χ0n) is 16.4. The predicted molar refractivity (Wildman–Crippen MR) is 107 cm³/mol. The molecule has 0 aliphatic rings. The molecule has 2 rings (SSSR count). The lowest BCUT2D eigenvalue weighted by molar-refractivity contribution is -0.117. The number of nitrogens with one attached hydrogen (secondary N) is 1. The van der Waals surface area contributed by atoms with Crippen LogP contribution in [0.1, 0.15) is 34.1 Å². The molecule has 0 aromatic heterocycles. The third-order valence-corrected chi connectivity index (χ3v) is 4.11. The molecular formula is C21H22N2O6. The van der Waals surface area contributed by atoms with Gasteiger partial charge < -0.3 is 19.7 Å². The van der Waals surface area contributed by atoms with Crippen LogP contribution in [-0.2, 0) is 19.1 Å². The molecule has 8 nitrogen and oxygen atoms in total. The first-order valence-electron chi connectivity index (χ1n) is 8.81. The number of para-hydroxylation sites is 1. The van der Waals surface area contributed by atoms with Crippen LogP contribution in [0.2, 0.25) is 0 Å². The van der Waals surface area contributed by atoms with Crippen LogP contribution >= 0.6 is 0 Å². The van der Waals surface area contributed by atoms with Crippen molar-refractivity contribution in [3.05, 3.63) is 59.7 Å². The van der Waals surface area contributed by atoms with E-state index in [0.717, 1.165) is 0 Å². The molecule has 29 heavy (non-hydrogen) atoms. The van der Waals surface area contributed by atoms with Crippen molar-refractivity contribution in [1.29, 1.82) is 0 Å². The Morgan fingerprint density at radius 2 is 1.62 bits per heavy atom. The molecule has 2 aromatic rings. The number of nitrogens with zero attached hydrogens (tertiary/aromatic N) is 1. The molecule has 0 aliphatic carbocycles. The molecule has 2 amide bonds. The van der Waals surface area contributed by atoms with Gasteiger partial charge in [0.25, 0.3) is 0 Å². The molecule has 0 bridgehead atoms. The summed E-state index contributed by atoms with van der Waals surface area (Å²) in [5, 5.41) is 2.68. The average Bonchev–Trinajstić information content (AvgIpc) is 2.73. The molecule has 0 atom stereocenters. The zero-order valence-corrected chi connectivity index (χ0v) is 16.4. The van der Waals surface area contributed by atoms with Gasteiger partial charge in [-0.1, -0.05) is 18.2 Å². The quantitative estimate of drug-likeness (QED) is 0.720. The van der Waals surface area contributed by atoms with Gasteiger partial charge in [-0.25, -0.2) is 9.59 Å². The van der Waals surface area contributed by atoms with E-state index in [1.807, 2.05) is 0 Å². The summed E-state index contributed by atoms with van der Waals surface area (Å²) in [6, 6.07) is 12.9. The highest BCUT2D eigenvalue weighted by Gasteiger charge is 2.20. The van der Waals surface area contributed by atoms with Gasteiger partial charge in [-0.05, 0) is 30.3 Å². The first kappa shape index (κ1) is 21.6. The maximum atomic E-state index is 12.3. The van der Waals surface area contributed by atoms with Crippen LogP contribution in [0.15, 0.2) is 48.5 Å².